The largest absolute Gasteiger partial charge is 0.390 e. The number of likely N-dealkylation sites (tertiary alicyclic amines) is 1. The molecule has 2 aliphatic rings. The van der Waals surface area contributed by atoms with Gasteiger partial charge in [-0.05, 0) is 44.0 Å². The van der Waals surface area contributed by atoms with Crippen LogP contribution in [0.4, 0.5) is 0 Å². The summed E-state index contributed by atoms with van der Waals surface area (Å²) in [4.78, 5) is 14.7. The molecule has 1 aromatic heterocycles. The average Bonchev–Trinajstić information content (AvgIpc) is 3.16. The fourth-order valence-electron chi connectivity index (χ4n) is 3.99. The summed E-state index contributed by atoms with van der Waals surface area (Å²) in [7, 11) is 0. The van der Waals surface area contributed by atoms with Crippen LogP contribution in [0.3, 0.4) is 0 Å². The first-order chi connectivity index (χ1) is 11.2. The normalized spacial score (nSPS) is 19.8. The molecule has 1 saturated heterocycles. The Labute approximate surface area is 135 Å². The number of amides is 1. The molecule has 0 radical (unpaired) electrons. The second kappa shape index (κ2) is 5.98. The molecule has 0 saturated carbocycles. The van der Waals surface area contributed by atoms with E-state index < -0.39 is 6.10 Å². The minimum absolute atomic E-state index is 0.0178. The number of nitrogens with zero attached hydrogens (tertiary/aromatic N) is 2. The number of nitrogens with one attached hydrogen (secondary N) is 1. The SMILES string of the molecule is O=C1NCCc2c1n(CC(O)CN1CCCC1)c1ccccc21. The lowest BCUT2D eigenvalue weighted by atomic mass is 10.0. The summed E-state index contributed by atoms with van der Waals surface area (Å²) in [5, 5.41) is 14.6. The molecule has 1 unspecified atom stereocenters. The van der Waals surface area contributed by atoms with E-state index in [-0.39, 0.29) is 5.91 Å². The highest BCUT2D eigenvalue weighted by Crippen LogP contribution is 2.29. The quantitative estimate of drug-likeness (QED) is 0.897. The number of carbonyl (C=O) groups excluding carboxylic acids is 1. The molecular weight excluding hydrogens is 290 g/mol. The fourth-order valence-corrected chi connectivity index (χ4v) is 3.99. The lowest BCUT2D eigenvalue weighted by molar-refractivity contribution is 0.0916. The molecule has 1 aromatic carbocycles. The number of hydrogen-bond donors (Lipinski definition) is 2. The lowest BCUT2D eigenvalue weighted by Crippen LogP contribution is -2.36. The van der Waals surface area contributed by atoms with Crippen LogP contribution >= 0.6 is 0 Å². The number of hydrogen-bond acceptors (Lipinski definition) is 3. The lowest BCUT2D eigenvalue weighted by Gasteiger charge is -2.22. The highest BCUT2D eigenvalue weighted by molar-refractivity contribution is 6.02. The zero-order valence-corrected chi connectivity index (χ0v) is 13.3. The average molecular weight is 313 g/mol. The molecule has 1 atom stereocenters. The Morgan fingerprint density at radius 2 is 1.96 bits per heavy atom. The van der Waals surface area contributed by atoms with Crippen LogP contribution < -0.4 is 5.32 Å². The number of carbonyl (C=O) groups is 1. The smallest absolute Gasteiger partial charge is 0.268 e. The van der Waals surface area contributed by atoms with Crippen LogP contribution in [-0.4, -0.2) is 52.8 Å². The maximum atomic E-state index is 12.4. The van der Waals surface area contributed by atoms with Crippen molar-refractivity contribution in [2.75, 3.05) is 26.2 Å². The molecule has 1 amide bonds. The van der Waals surface area contributed by atoms with Crippen molar-refractivity contribution >= 4 is 16.8 Å². The van der Waals surface area contributed by atoms with Gasteiger partial charge in [0, 0.05) is 24.0 Å². The molecule has 122 valence electrons. The van der Waals surface area contributed by atoms with Crippen molar-refractivity contribution in [2.24, 2.45) is 0 Å². The van der Waals surface area contributed by atoms with Gasteiger partial charge < -0.3 is 19.9 Å². The van der Waals surface area contributed by atoms with Crippen molar-refractivity contribution in [2.45, 2.75) is 31.9 Å². The fraction of sp³-hybridized carbons (Fsp3) is 0.500. The van der Waals surface area contributed by atoms with Gasteiger partial charge in [0.1, 0.15) is 5.69 Å². The van der Waals surface area contributed by atoms with Gasteiger partial charge >= 0.3 is 0 Å². The summed E-state index contributed by atoms with van der Waals surface area (Å²) in [6, 6.07) is 8.13. The summed E-state index contributed by atoms with van der Waals surface area (Å²) < 4.78 is 2.01. The second-order valence-electron chi connectivity index (χ2n) is 6.62. The predicted octanol–water partition coefficient (Wildman–Crippen LogP) is 1.38. The third kappa shape index (κ3) is 2.64. The van der Waals surface area contributed by atoms with Crippen LogP contribution in [0.2, 0.25) is 0 Å². The summed E-state index contributed by atoms with van der Waals surface area (Å²) >= 11 is 0. The van der Waals surface area contributed by atoms with Gasteiger partial charge in [-0.3, -0.25) is 4.79 Å². The molecule has 0 spiro atoms. The number of aliphatic hydroxyl groups excluding tert-OH is 1. The Morgan fingerprint density at radius 3 is 2.78 bits per heavy atom. The number of benzene rings is 1. The number of aromatic nitrogens is 1. The van der Waals surface area contributed by atoms with Gasteiger partial charge in [0.2, 0.25) is 0 Å². The summed E-state index contributed by atoms with van der Waals surface area (Å²) in [6.45, 7) is 3.99. The van der Waals surface area contributed by atoms with E-state index in [0.717, 1.165) is 41.7 Å². The summed E-state index contributed by atoms with van der Waals surface area (Å²) in [5.74, 6) is -0.0178. The van der Waals surface area contributed by atoms with E-state index >= 15 is 0 Å². The molecule has 2 aromatic rings. The van der Waals surface area contributed by atoms with E-state index in [9.17, 15) is 9.90 Å². The maximum Gasteiger partial charge on any atom is 0.268 e. The monoisotopic (exact) mass is 313 g/mol. The maximum absolute atomic E-state index is 12.4. The Bertz CT molecular complexity index is 731. The van der Waals surface area contributed by atoms with Crippen LogP contribution in [0.15, 0.2) is 24.3 Å². The Morgan fingerprint density at radius 1 is 1.17 bits per heavy atom. The number of rotatable bonds is 4. The zero-order chi connectivity index (χ0) is 15.8. The van der Waals surface area contributed by atoms with E-state index in [1.807, 2.05) is 22.8 Å². The number of fused-ring (bicyclic) bond motifs is 3. The van der Waals surface area contributed by atoms with Crippen molar-refractivity contribution in [1.29, 1.82) is 0 Å². The van der Waals surface area contributed by atoms with Gasteiger partial charge in [-0.1, -0.05) is 18.2 Å². The van der Waals surface area contributed by atoms with E-state index in [1.54, 1.807) is 0 Å². The first kappa shape index (κ1) is 14.7. The zero-order valence-electron chi connectivity index (χ0n) is 13.3. The van der Waals surface area contributed by atoms with E-state index in [1.165, 1.54) is 12.8 Å². The molecule has 5 heteroatoms. The Hall–Kier alpha value is -1.85. The molecule has 4 rings (SSSR count). The third-order valence-electron chi connectivity index (χ3n) is 5.01. The van der Waals surface area contributed by atoms with Gasteiger partial charge in [0.25, 0.3) is 5.91 Å². The van der Waals surface area contributed by atoms with E-state index in [0.29, 0.717) is 19.6 Å². The standard InChI is InChI=1S/C18H23N3O2/c22-13(11-20-9-3-4-10-20)12-21-16-6-2-1-5-14(16)15-7-8-19-18(23)17(15)21/h1-2,5-6,13,22H,3-4,7-12H2,(H,19,23). The first-order valence-corrected chi connectivity index (χ1v) is 8.53. The van der Waals surface area contributed by atoms with E-state index in [2.05, 4.69) is 16.3 Å². The Kier molecular flexibility index (Phi) is 3.83. The number of para-hydroxylation sites is 1. The van der Waals surface area contributed by atoms with Crippen LogP contribution in [0, 0.1) is 0 Å². The van der Waals surface area contributed by atoms with Crippen LogP contribution in [0.25, 0.3) is 10.9 Å². The van der Waals surface area contributed by atoms with Crippen molar-refractivity contribution in [3.05, 3.63) is 35.5 Å². The molecule has 23 heavy (non-hydrogen) atoms. The molecular formula is C18H23N3O2. The second-order valence-corrected chi connectivity index (χ2v) is 6.62. The summed E-state index contributed by atoms with van der Waals surface area (Å²) in [5.41, 5.74) is 2.91. The predicted molar refractivity (Wildman–Crippen MR) is 89.7 cm³/mol. The minimum atomic E-state index is -0.456. The van der Waals surface area contributed by atoms with Crippen LogP contribution in [0.1, 0.15) is 28.9 Å². The molecule has 2 N–H and O–H groups in total. The minimum Gasteiger partial charge on any atom is -0.390 e. The molecule has 3 heterocycles. The van der Waals surface area contributed by atoms with Crippen molar-refractivity contribution < 1.29 is 9.90 Å². The van der Waals surface area contributed by atoms with Gasteiger partial charge in [-0.25, -0.2) is 0 Å². The first-order valence-electron chi connectivity index (χ1n) is 8.53. The van der Waals surface area contributed by atoms with Crippen molar-refractivity contribution in [1.82, 2.24) is 14.8 Å². The van der Waals surface area contributed by atoms with Gasteiger partial charge in [0.05, 0.1) is 12.6 Å². The highest BCUT2D eigenvalue weighted by atomic mass is 16.3. The topological polar surface area (TPSA) is 57.5 Å². The van der Waals surface area contributed by atoms with Gasteiger partial charge in [-0.2, -0.15) is 0 Å². The molecule has 0 aliphatic carbocycles. The van der Waals surface area contributed by atoms with Gasteiger partial charge in [-0.15, -0.1) is 0 Å². The van der Waals surface area contributed by atoms with Crippen LogP contribution in [0.5, 0.6) is 0 Å². The van der Waals surface area contributed by atoms with Crippen molar-refractivity contribution in [3.8, 4) is 0 Å². The van der Waals surface area contributed by atoms with Crippen molar-refractivity contribution in [3.63, 3.8) is 0 Å². The Balaban J connectivity index is 1.68. The molecule has 1 fully saturated rings. The number of β-amino-alcohol motifs (C(OH)–C–C–N with tert-alkyl or cyclic N) is 1. The van der Waals surface area contributed by atoms with E-state index in [4.69, 9.17) is 0 Å². The summed E-state index contributed by atoms with van der Waals surface area (Å²) in [6.07, 6.45) is 2.84. The highest BCUT2D eigenvalue weighted by Gasteiger charge is 2.27. The van der Waals surface area contributed by atoms with Crippen LogP contribution in [-0.2, 0) is 13.0 Å². The van der Waals surface area contributed by atoms with Gasteiger partial charge in [0.15, 0.2) is 0 Å². The molecule has 0 bridgehead atoms. The third-order valence-corrected chi connectivity index (χ3v) is 5.01. The molecule has 5 nitrogen and oxygen atoms in total. The molecule has 2 aliphatic heterocycles. The number of aliphatic hydroxyl groups is 1.